The van der Waals surface area contributed by atoms with Gasteiger partial charge in [0.15, 0.2) is 0 Å². The normalized spacial score (nSPS) is 9.95. The van der Waals surface area contributed by atoms with E-state index < -0.39 is 9.85 Å². The van der Waals surface area contributed by atoms with Gasteiger partial charge in [-0.1, -0.05) is 5.92 Å². The van der Waals surface area contributed by atoms with Crippen molar-refractivity contribution in [2.75, 3.05) is 38.3 Å². The number of nitrogens with one attached hydrogen (secondary N) is 1. The van der Waals surface area contributed by atoms with E-state index in [4.69, 9.17) is 15.9 Å². The van der Waals surface area contributed by atoms with E-state index in [-0.39, 0.29) is 23.7 Å². The van der Waals surface area contributed by atoms with E-state index in [1.807, 2.05) is 0 Å². The Morgan fingerprint density at radius 3 is 2.50 bits per heavy atom. The molecule has 9 heteroatoms. The molecule has 0 aliphatic carbocycles. The summed E-state index contributed by atoms with van der Waals surface area (Å²) in [5, 5.41) is 24.3. The first-order valence-electron chi connectivity index (χ1n) is 6.32. The third-order valence-corrected chi connectivity index (χ3v) is 2.51. The molecule has 0 spiro atoms. The average Bonchev–Trinajstić information content (AvgIpc) is 2.49. The van der Waals surface area contributed by atoms with Gasteiger partial charge in [0.05, 0.1) is 35.7 Å². The molecule has 0 saturated carbocycles. The smallest absolute Gasteiger partial charge is 0.299 e. The van der Waals surface area contributed by atoms with Crippen molar-refractivity contribution >= 4 is 17.1 Å². The van der Waals surface area contributed by atoms with Crippen LogP contribution in [0, 0.1) is 32.6 Å². The van der Waals surface area contributed by atoms with Gasteiger partial charge >= 0.3 is 0 Å². The first-order chi connectivity index (χ1) is 10.6. The van der Waals surface area contributed by atoms with E-state index in [0.29, 0.717) is 26.4 Å². The standard InChI is InChI=1S/C13H15N3O6/c1-2-6-21-8-9-22-7-5-14-12-4-3-11(15(17)18)10-13(12)16(19)20/h1,3-4,10,14H,5-9H2. The Balaban J connectivity index is 2.44. The van der Waals surface area contributed by atoms with Gasteiger partial charge in [-0.3, -0.25) is 20.2 Å². The van der Waals surface area contributed by atoms with Crippen molar-refractivity contribution < 1.29 is 19.3 Å². The highest BCUT2D eigenvalue weighted by atomic mass is 16.6. The van der Waals surface area contributed by atoms with Crippen molar-refractivity contribution in [2.24, 2.45) is 0 Å². The Hall–Kier alpha value is -2.70. The fraction of sp³-hybridized carbons (Fsp3) is 0.385. The lowest BCUT2D eigenvalue weighted by molar-refractivity contribution is -0.393. The molecule has 0 unspecified atom stereocenters. The van der Waals surface area contributed by atoms with Gasteiger partial charge in [0.1, 0.15) is 12.3 Å². The summed E-state index contributed by atoms with van der Waals surface area (Å²) >= 11 is 0. The second kappa shape index (κ2) is 9.28. The summed E-state index contributed by atoms with van der Waals surface area (Å²) in [6.45, 7) is 1.55. The molecule has 1 rings (SSSR count). The number of hydrogen-bond acceptors (Lipinski definition) is 7. The van der Waals surface area contributed by atoms with Crippen molar-refractivity contribution in [3.05, 3.63) is 38.4 Å². The maximum absolute atomic E-state index is 10.9. The topological polar surface area (TPSA) is 117 Å². The maximum Gasteiger partial charge on any atom is 0.299 e. The fourth-order valence-electron chi connectivity index (χ4n) is 1.54. The first-order valence-corrected chi connectivity index (χ1v) is 6.32. The monoisotopic (exact) mass is 309 g/mol. The van der Waals surface area contributed by atoms with E-state index in [1.165, 1.54) is 12.1 Å². The number of benzene rings is 1. The van der Waals surface area contributed by atoms with Gasteiger partial charge in [0.2, 0.25) is 0 Å². The van der Waals surface area contributed by atoms with E-state index >= 15 is 0 Å². The molecule has 0 bridgehead atoms. The van der Waals surface area contributed by atoms with Gasteiger partial charge < -0.3 is 14.8 Å². The number of nitro groups is 2. The quantitative estimate of drug-likeness (QED) is 0.302. The van der Waals surface area contributed by atoms with Gasteiger partial charge in [0.25, 0.3) is 11.4 Å². The van der Waals surface area contributed by atoms with Crippen LogP contribution in [0.15, 0.2) is 18.2 Å². The molecule has 118 valence electrons. The Bertz CT molecular complexity index is 569. The molecule has 0 amide bonds. The molecule has 9 nitrogen and oxygen atoms in total. The van der Waals surface area contributed by atoms with Crippen molar-refractivity contribution in [1.82, 2.24) is 0 Å². The molecule has 0 aliphatic heterocycles. The minimum absolute atomic E-state index is 0.197. The third kappa shape index (κ3) is 5.74. The number of terminal acetylenes is 1. The number of rotatable bonds is 10. The zero-order chi connectivity index (χ0) is 16.4. The van der Waals surface area contributed by atoms with E-state index in [9.17, 15) is 20.2 Å². The van der Waals surface area contributed by atoms with Crippen LogP contribution in [0.5, 0.6) is 0 Å². The highest BCUT2D eigenvalue weighted by Gasteiger charge is 2.18. The highest BCUT2D eigenvalue weighted by Crippen LogP contribution is 2.28. The van der Waals surface area contributed by atoms with Crippen LogP contribution in [0.1, 0.15) is 0 Å². The highest BCUT2D eigenvalue weighted by molar-refractivity contribution is 5.65. The second-order valence-corrected chi connectivity index (χ2v) is 4.01. The molecule has 0 aromatic heterocycles. The molecule has 1 N–H and O–H groups in total. The Morgan fingerprint density at radius 1 is 1.14 bits per heavy atom. The number of nitrogens with zero attached hydrogens (tertiary/aromatic N) is 2. The van der Waals surface area contributed by atoms with Crippen molar-refractivity contribution in [3.8, 4) is 12.3 Å². The van der Waals surface area contributed by atoms with Crippen LogP contribution in [0.4, 0.5) is 17.1 Å². The SMILES string of the molecule is C#CCOCCOCCNc1ccc([N+](=O)[O-])cc1[N+](=O)[O-]. The molecule has 0 heterocycles. The zero-order valence-electron chi connectivity index (χ0n) is 11.7. The van der Waals surface area contributed by atoms with Gasteiger partial charge in [-0.05, 0) is 6.07 Å². The van der Waals surface area contributed by atoms with Gasteiger partial charge in [-0.2, -0.15) is 0 Å². The average molecular weight is 309 g/mol. The second-order valence-electron chi connectivity index (χ2n) is 4.01. The zero-order valence-corrected chi connectivity index (χ0v) is 11.7. The molecule has 0 fully saturated rings. The largest absolute Gasteiger partial charge is 0.377 e. The Morgan fingerprint density at radius 2 is 1.86 bits per heavy atom. The molecular formula is C13H15N3O6. The number of anilines is 1. The lowest BCUT2D eigenvalue weighted by Gasteiger charge is -2.08. The molecule has 0 radical (unpaired) electrons. The minimum atomic E-state index is -0.684. The lowest BCUT2D eigenvalue weighted by Crippen LogP contribution is -2.13. The van der Waals surface area contributed by atoms with Gasteiger partial charge in [-0.15, -0.1) is 6.42 Å². The summed E-state index contributed by atoms with van der Waals surface area (Å²) in [4.78, 5) is 20.2. The van der Waals surface area contributed by atoms with Crippen LogP contribution in [0.25, 0.3) is 0 Å². The van der Waals surface area contributed by atoms with Crippen molar-refractivity contribution in [3.63, 3.8) is 0 Å². The van der Waals surface area contributed by atoms with Crippen molar-refractivity contribution in [1.29, 1.82) is 0 Å². The summed E-state index contributed by atoms with van der Waals surface area (Å²) in [5.41, 5.74) is -0.492. The Labute approximate surface area is 126 Å². The molecule has 0 saturated heterocycles. The van der Waals surface area contributed by atoms with Crippen LogP contribution < -0.4 is 5.32 Å². The van der Waals surface area contributed by atoms with Crippen LogP contribution in [0.2, 0.25) is 0 Å². The van der Waals surface area contributed by atoms with Crippen LogP contribution in [-0.2, 0) is 9.47 Å². The molecule has 0 aliphatic rings. The summed E-state index contributed by atoms with van der Waals surface area (Å²) < 4.78 is 10.2. The number of non-ortho nitro benzene ring substituents is 1. The van der Waals surface area contributed by atoms with Gasteiger partial charge in [0, 0.05) is 12.6 Å². The summed E-state index contributed by atoms with van der Waals surface area (Å²) in [7, 11) is 0. The molecule has 22 heavy (non-hydrogen) atoms. The van der Waals surface area contributed by atoms with E-state index in [0.717, 1.165) is 6.07 Å². The van der Waals surface area contributed by atoms with Gasteiger partial charge in [-0.25, -0.2) is 0 Å². The molecule has 1 aromatic rings. The fourth-order valence-corrected chi connectivity index (χ4v) is 1.54. The number of hydrogen-bond donors (Lipinski definition) is 1. The van der Waals surface area contributed by atoms with E-state index in [2.05, 4.69) is 11.2 Å². The summed E-state index contributed by atoms with van der Waals surface area (Å²) in [6.07, 6.45) is 5.00. The summed E-state index contributed by atoms with van der Waals surface area (Å²) in [5.74, 6) is 2.32. The predicted octanol–water partition coefficient (Wildman–Crippen LogP) is 1.58. The van der Waals surface area contributed by atoms with Crippen LogP contribution >= 0.6 is 0 Å². The minimum Gasteiger partial charge on any atom is -0.377 e. The lowest BCUT2D eigenvalue weighted by atomic mass is 10.2. The number of ether oxygens (including phenoxy) is 2. The third-order valence-electron chi connectivity index (χ3n) is 2.51. The maximum atomic E-state index is 10.9. The first kappa shape index (κ1) is 17.4. The molecular weight excluding hydrogens is 294 g/mol. The Kier molecular flexibility index (Phi) is 7.32. The summed E-state index contributed by atoms with van der Waals surface area (Å²) in [6, 6.07) is 3.41. The van der Waals surface area contributed by atoms with Crippen molar-refractivity contribution in [2.45, 2.75) is 0 Å². The molecule has 1 aromatic carbocycles. The van der Waals surface area contributed by atoms with Crippen LogP contribution in [0.3, 0.4) is 0 Å². The molecule has 0 atom stereocenters. The number of nitro benzene ring substituents is 2. The van der Waals surface area contributed by atoms with Crippen LogP contribution in [-0.4, -0.2) is 42.8 Å². The predicted molar refractivity (Wildman–Crippen MR) is 78.7 cm³/mol. The van der Waals surface area contributed by atoms with E-state index in [1.54, 1.807) is 0 Å².